The van der Waals surface area contributed by atoms with E-state index < -0.39 is 4.92 Å². The lowest BCUT2D eigenvalue weighted by Crippen LogP contribution is -2.26. The molecule has 1 aromatic rings. The Labute approximate surface area is 128 Å². The predicted molar refractivity (Wildman–Crippen MR) is 84.4 cm³/mol. The Bertz CT molecular complexity index is 474. The largest absolute Gasteiger partial charge is 0.468 e. The molecule has 0 aliphatic carbocycles. The maximum atomic E-state index is 10.4. The molecular formula is C13H22N4O3S. The zero-order valence-corrected chi connectivity index (χ0v) is 13.4. The van der Waals surface area contributed by atoms with Crippen LogP contribution in [0.1, 0.15) is 11.3 Å². The Kier molecular flexibility index (Phi) is 7.70. The smallest absolute Gasteiger partial charge is 0.274 e. The lowest BCUT2D eigenvalue weighted by molar-refractivity contribution is -0.404. The van der Waals surface area contributed by atoms with E-state index in [2.05, 4.69) is 21.6 Å². The number of rotatable bonds is 10. The Morgan fingerprint density at radius 2 is 2.33 bits per heavy atom. The molecule has 0 bridgehead atoms. The van der Waals surface area contributed by atoms with Crippen molar-refractivity contribution in [3.8, 4) is 0 Å². The highest BCUT2D eigenvalue weighted by Crippen LogP contribution is 2.15. The van der Waals surface area contributed by atoms with E-state index in [-0.39, 0.29) is 0 Å². The van der Waals surface area contributed by atoms with E-state index in [0.29, 0.717) is 12.4 Å². The van der Waals surface area contributed by atoms with Gasteiger partial charge in [0.15, 0.2) is 5.82 Å². The van der Waals surface area contributed by atoms with Crippen molar-refractivity contribution in [3.05, 3.63) is 45.8 Å². The van der Waals surface area contributed by atoms with Gasteiger partial charge in [-0.15, -0.1) is 0 Å². The van der Waals surface area contributed by atoms with Gasteiger partial charge in [0, 0.05) is 30.7 Å². The molecule has 0 atom stereocenters. The molecule has 118 valence electrons. The molecule has 7 nitrogen and oxygen atoms in total. The van der Waals surface area contributed by atoms with E-state index in [4.69, 9.17) is 4.42 Å². The first-order chi connectivity index (χ1) is 10.0. The highest BCUT2D eigenvalue weighted by atomic mass is 32.2. The molecule has 0 spiro atoms. The highest BCUT2D eigenvalue weighted by Gasteiger charge is 2.03. The number of nitrogens with one attached hydrogen (secondary N) is 2. The summed E-state index contributed by atoms with van der Waals surface area (Å²) in [6.45, 7) is 1.46. The second-order valence-electron chi connectivity index (χ2n) is 4.72. The fourth-order valence-corrected chi connectivity index (χ4v) is 2.43. The minimum Gasteiger partial charge on any atom is -0.468 e. The molecule has 0 aromatic carbocycles. The van der Waals surface area contributed by atoms with Gasteiger partial charge in [0.2, 0.25) is 0 Å². The summed E-state index contributed by atoms with van der Waals surface area (Å²) in [6.07, 6.45) is 2.71. The van der Waals surface area contributed by atoms with E-state index in [9.17, 15) is 10.1 Å². The van der Waals surface area contributed by atoms with Crippen molar-refractivity contribution in [2.45, 2.75) is 12.3 Å². The minimum absolute atomic E-state index is 0.414. The van der Waals surface area contributed by atoms with Crippen LogP contribution < -0.4 is 10.6 Å². The first-order valence-electron chi connectivity index (χ1n) is 6.57. The van der Waals surface area contributed by atoms with Crippen LogP contribution in [0.15, 0.2) is 28.8 Å². The molecule has 0 saturated carbocycles. The van der Waals surface area contributed by atoms with Crippen LogP contribution in [0.5, 0.6) is 0 Å². The van der Waals surface area contributed by atoms with E-state index in [1.165, 1.54) is 0 Å². The normalized spacial score (nSPS) is 11.7. The Morgan fingerprint density at radius 1 is 1.57 bits per heavy atom. The third-order valence-corrected chi connectivity index (χ3v) is 3.54. The van der Waals surface area contributed by atoms with Crippen molar-refractivity contribution in [2.75, 3.05) is 33.4 Å². The molecule has 0 radical (unpaired) electrons. The van der Waals surface area contributed by atoms with Gasteiger partial charge in [0.05, 0.1) is 17.7 Å². The lowest BCUT2D eigenvalue weighted by Gasteiger charge is -2.07. The number of thioether (sulfide) groups is 1. The molecule has 0 amide bonds. The molecule has 0 saturated heterocycles. The molecular weight excluding hydrogens is 292 g/mol. The van der Waals surface area contributed by atoms with Gasteiger partial charge in [-0.3, -0.25) is 10.1 Å². The van der Waals surface area contributed by atoms with Gasteiger partial charge in [0.1, 0.15) is 5.76 Å². The van der Waals surface area contributed by atoms with Crippen LogP contribution in [-0.2, 0) is 12.3 Å². The molecule has 1 heterocycles. The van der Waals surface area contributed by atoms with E-state index >= 15 is 0 Å². The summed E-state index contributed by atoms with van der Waals surface area (Å²) in [5, 5.41) is 16.1. The molecule has 1 aromatic heterocycles. The molecule has 21 heavy (non-hydrogen) atoms. The van der Waals surface area contributed by atoms with Crippen molar-refractivity contribution >= 4 is 11.8 Å². The SMILES string of the molecule is CNC(=C[N+](=O)[O-])NCCSCc1coc(CN(C)C)c1. The fraction of sp³-hybridized carbons (Fsp3) is 0.538. The van der Waals surface area contributed by atoms with E-state index in [1.807, 2.05) is 14.1 Å². The maximum Gasteiger partial charge on any atom is 0.274 e. The third-order valence-electron chi connectivity index (χ3n) is 2.51. The van der Waals surface area contributed by atoms with E-state index in [0.717, 1.165) is 35.6 Å². The van der Waals surface area contributed by atoms with Crippen molar-refractivity contribution in [2.24, 2.45) is 0 Å². The summed E-state index contributed by atoms with van der Waals surface area (Å²) in [5.74, 6) is 3.09. The van der Waals surface area contributed by atoms with Crippen LogP contribution in [0.25, 0.3) is 0 Å². The first-order valence-corrected chi connectivity index (χ1v) is 7.72. The average Bonchev–Trinajstić information content (AvgIpc) is 2.83. The Hall–Kier alpha value is -1.67. The lowest BCUT2D eigenvalue weighted by atomic mass is 10.3. The predicted octanol–water partition coefficient (Wildman–Crippen LogP) is 1.46. The number of nitrogens with zero attached hydrogens (tertiary/aromatic N) is 2. The number of hydrogen-bond donors (Lipinski definition) is 2. The maximum absolute atomic E-state index is 10.4. The standard InChI is InChI=1S/C13H22N4O3S/c1-14-13(8-17(18)19)15-4-5-21-10-11-6-12(20-9-11)7-16(2)3/h6,8-9,14-15H,4-5,7,10H2,1-3H3. The van der Waals surface area contributed by atoms with Crippen molar-refractivity contribution in [1.82, 2.24) is 15.5 Å². The van der Waals surface area contributed by atoms with Crippen LogP contribution in [-0.4, -0.2) is 43.3 Å². The monoisotopic (exact) mass is 314 g/mol. The molecule has 0 unspecified atom stereocenters. The number of furan rings is 1. The fourth-order valence-electron chi connectivity index (χ4n) is 1.65. The van der Waals surface area contributed by atoms with Gasteiger partial charge in [-0.05, 0) is 20.2 Å². The molecule has 0 fully saturated rings. The quantitative estimate of drug-likeness (QED) is 0.384. The van der Waals surface area contributed by atoms with Crippen LogP contribution in [0.4, 0.5) is 0 Å². The van der Waals surface area contributed by atoms with Crippen LogP contribution in [0.2, 0.25) is 0 Å². The average molecular weight is 314 g/mol. The van der Waals surface area contributed by atoms with Gasteiger partial charge in [0.25, 0.3) is 6.20 Å². The van der Waals surface area contributed by atoms with Gasteiger partial charge in [-0.25, -0.2) is 0 Å². The Morgan fingerprint density at radius 3 is 2.95 bits per heavy atom. The topological polar surface area (TPSA) is 83.6 Å². The summed E-state index contributed by atoms with van der Waals surface area (Å²) in [5.41, 5.74) is 1.16. The summed E-state index contributed by atoms with van der Waals surface area (Å²) >= 11 is 1.75. The Balaban J connectivity index is 2.22. The molecule has 0 aliphatic heterocycles. The summed E-state index contributed by atoms with van der Waals surface area (Å²) in [7, 11) is 5.65. The zero-order valence-electron chi connectivity index (χ0n) is 12.6. The minimum atomic E-state index is -0.482. The third kappa shape index (κ3) is 7.62. The van der Waals surface area contributed by atoms with Crippen LogP contribution >= 0.6 is 11.8 Å². The van der Waals surface area contributed by atoms with Gasteiger partial charge >= 0.3 is 0 Å². The molecule has 1 rings (SSSR count). The summed E-state index contributed by atoms with van der Waals surface area (Å²) < 4.78 is 5.47. The van der Waals surface area contributed by atoms with E-state index in [1.54, 1.807) is 25.1 Å². The number of nitro groups is 1. The van der Waals surface area contributed by atoms with Crippen molar-refractivity contribution in [1.29, 1.82) is 0 Å². The zero-order chi connectivity index (χ0) is 15.7. The highest BCUT2D eigenvalue weighted by molar-refractivity contribution is 7.98. The number of hydrogen-bond acceptors (Lipinski definition) is 7. The second-order valence-corrected chi connectivity index (χ2v) is 5.82. The first kappa shape index (κ1) is 17.4. The van der Waals surface area contributed by atoms with Gasteiger partial charge in [-0.2, -0.15) is 11.8 Å². The van der Waals surface area contributed by atoms with Crippen LogP contribution in [0, 0.1) is 10.1 Å². The van der Waals surface area contributed by atoms with Crippen molar-refractivity contribution < 1.29 is 9.34 Å². The van der Waals surface area contributed by atoms with Crippen LogP contribution in [0.3, 0.4) is 0 Å². The molecule has 8 heteroatoms. The summed E-state index contributed by atoms with van der Waals surface area (Å²) in [6, 6.07) is 2.06. The van der Waals surface area contributed by atoms with Gasteiger partial charge < -0.3 is 20.0 Å². The molecule has 0 aliphatic rings. The molecule has 2 N–H and O–H groups in total. The van der Waals surface area contributed by atoms with Gasteiger partial charge in [-0.1, -0.05) is 0 Å². The second kappa shape index (κ2) is 9.30. The summed E-state index contributed by atoms with van der Waals surface area (Å²) in [4.78, 5) is 11.9. The van der Waals surface area contributed by atoms with Crippen molar-refractivity contribution in [3.63, 3.8) is 0 Å².